The number of hydrogen-bond acceptors (Lipinski definition) is 13. The average Bonchev–Trinajstić information content (AvgIpc) is 3.50. The molecule has 0 bridgehead atoms. The van der Waals surface area contributed by atoms with E-state index in [0.29, 0.717) is 27.5 Å². The second-order valence-corrected chi connectivity index (χ2v) is 15.7. The van der Waals surface area contributed by atoms with Crippen LogP contribution in [0.1, 0.15) is 43.0 Å². The quantitative estimate of drug-likeness (QED) is 0.237. The standard InChI is InChI=1S/C36H37NO10S3/c1-10-20-11-13-21(14-12-20)47-17-24(38)37-23-16-19(3)18(2)15-22(23)25-30(35(37,4)5)48-27(32(40)44-7)26(31(39)43-6)36(25)49-28(33(41)45-8)29(50-36)34(42)46-9/h11-16H,10,17H2,1-9H3. The number of esters is 4. The number of fused-ring (bicyclic) bond motifs is 3. The summed E-state index contributed by atoms with van der Waals surface area (Å²) in [7, 11) is 4.71. The summed E-state index contributed by atoms with van der Waals surface area (Å²) in [4.78, 5) is 70.1. The van der Waals surface area contributed by atoms with E-state index in [2.05, 4.69) is 6.92 Å². The third-order valence-electron chi connectivity index (χ3n) is 8.70. The van der Waals surface area contributed by atoms with Crippen molar-refractivity contribution in [3.63, 3.8) is 0 Å². The molecule has 0 atom stereocenters. The molecular weight excluding hydrogens is 703 g/mol. The number of benzene rings is 2. The Morgan fingerprint density at radius 3 is 1.78 bits per heavy atom. The predicted molar refractivity (Wildman–Crippen MR) is 193 cm³/mol. The molecule has 1 spiro atoms. The molecule has 0 N–H and O–H groups in total. The van der Waals surface area contributed by atoms with Crippen LogP contribution >= 0.6 is 35.3 Å². The molecule has 2 aromatic carbocycles. The lowest BCUT2D eigenvalue weighted by atomic mass is 9.82. The monoisotopic (exact) mass is 739 g/mol. The molecule has 0 saturated carbocycles. The molecule has 0 saturated heterocycles. The molecule has 3 aliphatic heterocycles. The second-order valence-electron chi connectivity index (χ2n) is 12.0. The van der Waals surface area contributed by atoms with Crippen LogP contribution < -0.4 is 9.64 Å². The Balaban J connectivity index is 1.78. The zero-order valence-corrected chi connectivity index (χ0v) is 31.6. The Hall–Kier alpha value is -4.14. The Bertz CT molecular complexity index is 1880. The van der Waals surface area contributed by atoms with Gasteiger partial charge in [-0.1, -0.05) is 54.3 Å². The lowest BCUT2D eigenvalue weighted by molar-refractivity contribution is -0.138. The molecule has 14 heteroatoms. The van der Waals surface area contributed by atoms with E-state index in [9.17, 15) is 24.0 Å². The van der Waals surface area contributed by atoms with Crippen molar-refractivity contribution in [1.29, 1.82) is 0 Å². The summed E-state index contributed by atoms with van der Waals surface area (Å²) < 4.78 is 24.9. The highest BCUT2D eigenvalue weighted by molar-refractivity contribution is 8.26. The van der Waals surface area contributed by atoms with Gasteiger partial charge < -0.3 is 23.7 Å². The highest BCUT2D eigenvalue weighted by atomic mass is 32.2. The topological polar surface area (TPSA) is 135 Å². The number of thioether (sulfide) groups is 3. The van der Waals surface area contributed by atoms with Crippen molar-refractivity contribution < 1.29 is 47.7 Å². The van der Waals surface area contributed by atoms with Gasteiger partial charge in [0.1, 0.15) is 24.5 Å². The van der Waals surface area contributed by atoms with Crippen LogP contribution in [0.3, 0.4) is 0 Å². The minimum Gasteiger partial charge on any atom is -0.484 e. The minimum absolute atomic E-state index is 0.113. The molecule has 3 aliphatic rings. The second kappa shape index (κ2) is 14.2. The molecule has 50 heavy (non-hydrogen) atoms. The van der Waals surface area contributed by atoms with Gasteiger partial charge in [-0.25, -0.2) is 19.2 Å². The Morgan fingerprint density at radius 2 is 1.26 bits per heavy atom. The van der Waals surface area contributed by atoms with Crippen LogP contribution in [-0.2, 0) is 49.3 Å². The Morgan fingerprint density at radius 1 is 0.740 bits per heavy atom. The minimum atomic E-state index is -1.66. The maximum atomic E-state index is 14.4. The molecule has 0 fully saturated rings. The zero-order chi connectivity index (χ0) is 36.7. The van der Waals surface area contributed by atoms with E-state index in [1.54, 1.807) is 4.90 Å². The van der Waals surface area contributed by atoms with Crippen LogP contribution in [0.2, 0.25) is 0 Å². The number of amides is 1. The number of anilines is 1. The number of carbonyl (C=O) groups is 5. The van der Waals surface area contributed by atoms with Gasteiger partial charge in [0.05, 0.1) is 45.2 Å². The van der Waals surface area contributed by atoms with Crippen molar-refractivity contribution in [3.05, 3.63) is 83.8 Å². The summed E-state index contributed by atoms with van der Waals surface area (Å²) in [6.07, 6.45) is 0.862. The van der Waals surface area contributed by atoms with Crippen LogP contribution in [0.4, 0.5) is 5.69 Å². The van der Waals surface area contributed by atoms with Gasteiger partial charge in [-0.05, 0) is 75.1 Å². The van der Waals surface area contributed by atoms with Crippen LogP contribution in [0.25, 0.3) is 5.57 Å². The van der Waals surface area contributed by atoms with Crippen LogP contribution in [0, 0.1) is 13.8 Å². The number of methoxy groups -OCH3 is 4. The van der Waals surface area contributed by atoms with Crippen molar-refractivity contribution in [1.82, 2.24) is 0 Å². The van der Waals surface area contributed by atoms with E-state index >= 15 is 0 Å². The third-order valence-corrected chi connectivity index (χ3v) is 13.3. The molecule has 0 radical (unpaired) electrons. The molecule has 3 heterocycles. The van der Waals surface area contributed by atoms with E-state index in [1.807, 2.05) is 64.1 Å². The third kappa shape index (κ3) is 6.11. The maximum Gasteiger partial charge on any atom is 0.345 e. The molecule has 1 amide bonds. The van der Waals surface area contributed by atoms with Crippen molar-refractivity contribution in [2.24, 2.45) is 0 Å². The molecule has 11 nitrogen and oxygen atoms in total. The normalized spacial score (nSPS) is 17.3. The molecule has 0 unspecified atom stereocenters. The van der Waals surface area contributed by atoms with E-state index < -0.39 is 33.5 Å². The van der Waals surface area contributed by atoms with E-state index in [-0.39, 0.29) is 32.8 Å². The molecule has 264 valence electrons. The Kier molecular flexibility index (Phi) is 10.6. The van der Waals surface area contributed by atoms with Gasteiger partial charge in [-0.15, -0.1) is 0 Å². The molecule has 2 aromatic rings. The first-order valence-corrected chi connectivity index (χ1v) is 17.9. The van der Waals surface area contributed by atoms with Crippen molar-refractivity contribution in [3.8, 4) is 5.75 Å². The number of ether oxygens (including phenoxy) is 5. The predicted octanol–water partition coefficient (Wildman–Crippen LogP) is 5.86. The van der Waals surface area contributed by atoms with Gasteiger partial charge >= 0.3 is 23.9 Å². The molecule has 0 aromatic heterocycles. The summed E-state index contributed by atoms with van der Waals surface area (Å²) in [6.45, 7) is 9.25. The fourth-order valence-corrected chi connectivity index (χ4v) is 11.1. The van der Waals surface area contributed by atoms with Crippen LogP contribution in [-0.4, -0.2) is 74.4 Å². The van der Waals surface area contributed by atoms with Crippen molar-refractivity contribution in [2.75, 3.05) is 39.9 Å². The maximum absolute atomic E-state index is 14.4. The number of rotatable bonds is 8. The van der Waals surface area contributed by atoms with Crippen molar-refractivity contribution >= 4 is 76.3 Å². The number of aryl methyl sites for hydroxylation is 3. The zero-order valence-electron chi connectivity index (χ0n) is 29.1. The summed E-state index contributed by atoms with van der Waals surface area (Å²) in [5, 5.41) is 0. The lowest BCUT2D eigenvalue weighted by Crippen LogP contribution is -2.55. The first kappa shape index (κ1) is 37.1. The van der Waals surface area contributed by atoms with Crippen LogP contribution in [0.15, 0.2) is 61.6 Å². The smallest absolute Gasteiger partial charge is 0.345 e. The van der Waals surface area contributed by atoms with E-state index in [4.69, 9.17) is 23.7 Å². The molecule has 0 aliphatic carbocycles. The molecule has 5 rings (SSSR count). The van der Waals surface area contributed by atoms with E-state index in [1.165, 1.54) is 28.4 Å². The SMILES string of the molecule is CCc1ccc(OCC(=O)N2c3cc(C)c(C)cc3C3=C(SC(C(=O)OC)=C(C(=O)OC)C34SC(C(=O)OC)=C(C(=O)OC)S4)C2(C)C)cc1. The van der Waals surface area contributed by atoms with Gasteiger partial charge in [-0.3, -0.25) is 9.69 Å². The summed E-state index contributed by atoms with van der Waals surface area (Å²) in [6, 6.07) is 11.3. The molecular formula is C36H37NO10S3. The van der Waals surface area contributed by atoms with Gasteiger partial charge in [0.15, 0.2) is 6.61 Å². The van der Waals surface area contributed by atoms with Crippen LogP contribution in [0.5, 0.6) is 5.75 Å². The number of nitrogens with zero attached hydrogens (tertiary/aromatic N) is 1. The summed E-state index contributed by atoms with van der Waals surface area (Å²) in [5.41, 5.74) is 3.17. The van der Waals surface area contributed by atoms with Crippen molar-refractivity contribution in [2.45, 2.75) is 50.7 Å². The summed E-state index contributed by atoms with van der Waals surface area (Å²) >= 11 is 2.75. The average molecular weight is 740 g/mol. The van der Waals surface area contributed by atoms with Gasteiger partial charge in [0.2, 0.25) is 0 Å². The number of carbonyl (C=O) groups excluding carboxylic acids is 5. The van der Waals surface area contributed by atoms with Gasteiger partial charge in [-0.2, -0.15) is 0 Å². The Labute approximate surface area is 303 Å². The fourth-order valence-electron chi connectivity index (χ4n) is 6.05. The van der Waals surface area contributed by atoms with Gasteiger partial charge in [0, 0.05) is 16.0 Å². The highest BCUT2D eigenvalue weighted by Crippen LogP contribution is 2.71. The first-order valence-electron chi connectivity index (χ1n) is 15.5. The van der Waals surface area contributed by atoms with E-state index in [0.717, 1.165) is 58.4 Å². The lowest BCUT2D eigenvalue weighted by Gasteiger charge is -2.50. The highest BCUT2D eigenvalue weighted by Gasteiger charge is 2.61. The first-order chi connectivity index (χ1) is 23.7. The van der Waals surface area contributed by atoms with Gasteiger partial charge in [0.25, 0.3) is 5.91 Å². The number of hydrogen-bond donors (Lipinski definition) is 0. The largest absolute Gasteiger partial charge is 0.484 e. The summed E-state index contributed by atoms with van der Waals surface area (Å²) in [5.74, 6) is -3.21. The fraction of sp³-hybridized carbons (Fsp3) is 0.361.